The molecule has 0 unspecified atom stereocenters. The number of ether oxygens (including phenoxy) is 2. The highest BCUT2D eigenvalue weighted by molar-refractivity contribution is 7.89. The second kappa shape index (κ2) is 10.4. The van der Waals surface area contributed by atoms with Crippen LogP contribution in [0.1, 0.15) is 32.4 Å². The van der Waals surface area contributed by atoms with Gasteiger partial charge in [0.05, 0.1) is 21.0 Å². The number of benzene rings is 2. The zero-order chi connectivity index (χ0) is 25.0. The molecule has 2 aromatic carbocycles. The van der Waals surface area contributed by atoms with Crippen LogP contribution < -0.4 is 14.8 Å². The molecule has 1 amide bonds. The van der Waals surface area contributed by atoms with Gasteiger partial charge in [-0.25, -0.2) is 17.9 Å². The fourth-order valence-corrected chi connectivity index (χ4v) is 4.06. The molecule has 182 valence electrons. The van der Waals surface area contributed by atoms with Crippen molar-refractivity contribution in [2.45, 2.75) is 43.7 Å². The predicted molar refractivity (Wildman–Crippen MR) is 117 cm³/mol. The summed E-state index contributed by atoms with van der Waals surface area (Å²) in [4.78, 5) is 11.7. The number of sulfonamides is 1. The van der Waals surface area contributed by atoms with Crippen LogP contribution in [0.15, 0.2) is 47.4 Å². The van der Waals surface area contributed by atoms with Crippen LogP contribution in [0, 0.1) is 0 Å². The summed E-state index contributed by atoms with van der Waals surface area (Å²) in [5.74, 6) is -0.575. The Balaban J connectivity index is 2.26. The first kappa shape index (κ1) is 27.0. The Bertz CT molecular complexity index is 1090. The van der Waals surface area contributed by atoms with E-state index in [2.05, 4.69) is 14.8 Å². The van der Waals surface area contributed by atoms with Crippen molar-refractivity contribution >= 4 is 39.3 Å². The van der Waals surface area contributed by atoms with Gasteiger partial charge in [0, 0.05) is 6.54 Å². The van der Waals surface area contributed by atoms with Crippen LogP contribution in [0.25, 0.3) is 0 Å². The maximum Gasteiger partial charge on any atom is 0.573 e. The maximum atomic E-state index is 12.9. The average Bonchev–Trinajstić information content (AvgIpc) is 2.65. The molecule has 2 N–H and O–H groups in total. The topological polar surface area (TPSA) is 93.7 Å². The minimum Gasteiger partial charge on any atom is -0.444 e. The molecule has 0 aliphatic rings. The Morgan fingerprint density at radius 1 is 1.03 bits per heavy atom. The van der Waals surface area contributed by atoms with Crippen molar-refractivity contribution in [1.82, 2.24) is 10.0 Å². The third-order valence-corrected chi connectivity index (χ3v) is 6.09. The number of hydrogen-bond donors (Lipinski definition) is 2. The van der Waals surface area contributed by atoms with Crippen molar-refractivity contribution in [1.29, 1.82) is 0 Å². The molecule has 0 aliphatic heterocycles. The first-order valence-electron chi connectivity index (χ1n) is 9.36. The van der Waals surface area contributed by atoms with Gasteiger partial charge in [-0.15, -0.1) is 13.2 Å². The summed E-state index contributed by atoms with van der Waals surface area (Å²) >= 11 is 12.0. The summed E-state index contributed by atoms with van der Waals surface area (Å²) < 4.78 is 74.0. The largest absolute Gasteiger partial charge is 0.573 e. The van der Waals surface area contributed by atoms with Gasteiger partial charge in [0.1, 0.15) is 11.4 Å². The number of hydrogen-bond acceptors (Lipinski definition) is 5. The molecular weight excluding hydrogens is 508 g/mol. The van der Waals surface area contributed by atoms with Crippen LogP contribution >= 0.6 is 23.2 Å². The second-order valence-electron chi connectivity index (χ2n) is 7.75. The molecule has 0 spiro atoms. The summed E-state index contributed by atoms with van der Waals surface area (Å²) in [6.45, 7) is 4.77. The Labute approximate surface area is 199 Å². The third-order valence-electron chi connectivity index (χ3n) is 3.86. The van der Waals surface area contributed by atoms with E-state index in [4.69, 9.17) is 27.9 Å². The molecule has 0 radical (unpaired) electrons. The first-order valence-corrected chi connectivity index (χ1v) is 11.6. The van der Waals surface area contributed by atoms with Gasteiger partial charge >= 0.3 is 12.5 Å². The molecule has 33 heavy (non-hydrogen) atoms. The minimum absolute atomic E-state index is 0.157. The summed E-state index contributed by atoms with van der Waals surface area (Å²) in [5, 5.41) is 2.87. The summed E-state index contributed by atoms with van der Waals surface area (Å²) in [6.07, 6.45) is -5.69. The van der Waals surface area contributed by atoms with Crippen LogP contribution in [0.4, 0.5) is 18.0 Å². The monoisotopic (exact) mass is 528 g/mol. The van der Waals surface area contributed by atoms with Gasteiger partial charge in [0.15, 0.2) is 0 Å². The van der Waals surface area contributed by atoms with Gasteiger partial charge in [-0.1, -0.05) is 29.3 Å². The van der Waals surface area contributed by atoms with Crippen molar-refractivity contribution in [3.63, 3.8) is 0 Å². The van der Waals surface area contributed by atoms with E-state index in [9.17, 15) is 26.4 Å². The quantitative estimate of drug-likeness (QED) is 0.499. The highest BCUT2D eigenvalue weighted by atomic mass is 35.5. The van der Waals surface area contributed by atoms with E-state index in [1.807, 2.05) is 0 Å². The molecule has 0 saturated carbocycles. The van der Waals surface area contributed by atoms with E-state index in [1.165, 1.54) is 18.2 Å². The number of rotatable bonds is 7. The minimum atomic E-state index is -4.91. The molecule has 0 saturated heterocycles. The first-order chi connectivity index (χ1) is 15.1. The van der Waals surface area contributed by atoms with Crippen LogP contribution in [0.2, 0.25) is 10.0 Å². The highest BCUT2D eigenvalue weighted by Gasteiger charge is 2.31. The van der Waals surface area contributed by atoms with Crippen molar-refractivity contribution in [2.24, 2.45) is 0 Å². The lowest BCUT2D eigenvalue weighted by Crippen LogP contribution is -2.40. The van der Waals surface area contributed by atoms with Gasteiger partial charge in [-0.05, 0) is 62.7 Å². The van der Waals surface area contributed by atoms with E-state index in [0.717, 1.165) is 24.3 Å². The Morgan fingerprint density at radius 3 is 2.15 bits per heavy atom. The van der Waals surface area contributed by atoms with Crippen LogP contribution in [-0.2, 0) is 14.8 Å². The summed E-state index contributed by atoms with van der Waals surface area (Å²) in [5.41, 5.74) is -0.399. The van der Waals surface area contributed by atoms with Gasteiger partial charge < -0.3 is 14.8 Å². The Morgan fingerprint density at radius 2 is 1.64 bits per heavy atom. The van der Waals surface area contributed by atoms with Crippen molar-refractivity contribution in [3.8, 4) is 5.75 Å². The molecule has 0 fully saturated rings. The van der Waals surface area contributed by atoms with Crippen molar-refractivity contribution in [2.75, 3.05) is 6.54 Å². The Hall–Kier alpha value is -2.21. The van der Waals surface area contributed by atoms with Crippen LogP contribution in [0.5, 0.6) is 5.75 Å². The highest BCUT2D eigenvalue weighted by Crippen LogP contribution is 2.28. The molecular formula is C20H21Cl2F3N2O5S. The number of alkyl halides is 3. The van der Waals surface area contributed by atoms with E-state index in [1.54, 1.807) is 20.8 Å². The van der Waals surface area contributed by atoms with Gasteiger partial charge in [0.25, 0.3) is 0 Å². The lowest BCUT2D eigenvalue weighted by molar-refractivity contribution is -0.274. The molecule has 0 aromatic heterocycles. The lowest BCUT2D eigenvalue weighted by Gasteiger charge is -2.23. The summed E-state index contributed by atoms with van der Waals surface area (Å²) in [7, 11) is -4.23. The molecule has 2 rings (SSSR count). The van der Waals surface area contributed by atoms with E-state index < -0.39 is 39.9 Å². The maximum absolute atomic E-state index is 12.9. The number of carbonyl (C=O) groups is 1. The molecule has 0 heterocycles. The van der Waals surface area contributed by atoms with Gasteiger partial charge in [0.2, 0.25) is 10.0 Å². The normalized spacial score (nSPS) is 13.3. The number of carbonyl (C=O) groups excluding carboxylic acids is 1. The molecule has 0 aliphatic carbocycles. The van der Waals surface area contributed by atoms with Crippen LogP contribution in [0.3, 0.4) is 0 Å². The molecule has 13 heteroatoms. The summed E-state index contributed by atoms with van der Waals surface area (Å²) in [6, 6.07) is 7.03. The van der Waals surface area contributed by atoms with Gasteiger partial charge in [-0.3, -0.25) is 0 Å². The standard InChI is InChI=1S/C20H21Cl2F3N2O5S/c1-19(2,3)32-18(28)26-11-17(12-4-9-15(21)16(22)10-12)27-33(29,30)14-7-5-13(6-8-14)31-20(23,24)25/h4-10,17,27H,11H2,1-3H3,(H,26,28)/t17-/m0/s1. The number of amides is 1. The lowest BCUT2D eigenvalue weighted by atomic mass is 10.1. The van der Waals surface area contributed by atoms with E-state index in [-0.39, 0.29) is 21.5 Å². The van der Waals surface area contributed by atoms with E-state index >= 15 is 0 Å². The van der Waals surface area contributed by atoms with E-state index in [0.29, 0.717) is 5.56 Å². The molecule has 2 aromatic rings. The fourth-order valence-electron chi connectivity index (χ4n) is 2.53. The van der Waals surface area contributed by atoms with Crippen molar-refractivity contribution in [3.05, 3.63) is 58.1 Å². The third kappa shape index (κ3) is 8.92. The molecule has 1 atom stereocenters. The fraction of sp³-hybridized carbons (Fsp3) is 0.350. The molecule has 7 nitrogen and oxygen atoms in total. The second-order valence-corrected chi connectivity index (χ2v) is 10.3. The number of nitrogens with one attached hydrogen (secondary N) is 2. The van der Waals surface area contributed by atoms with Crippen LogP contribution in [-0.4, -0.2) is 33.0 Å². The zero-order valence-corrected chi connectivity index (χ0v) is 20.0. The smallest absolute Gasteiger partial charge is 0.444 e. The van der Waals surface area contributed by atoms with Crippen molar-refractivity contribution < 1.29 is 35.9 Å². The molecule has 0 bridgehead atoms. The number of halogens is 5. The predicted octanol–water partition coefficient (Wildman–Crippen LogP) is 5.44. The number of alkyl carbamates (subject to hydrolysis) is 1. The SMILES string of the molecule is CC(C)(C)OC(=O)NC[C@H](NS(=O)(=O)c1ccc(OC(F)(F)F)cc1)c1ccc(Cl)c(Cl)c1. The Kier molecular flexibility index (Phi) is 8.50. The average molecular weight is 529 g/mol. The van der Waals surface area contributed by atoms with Gasteiger partial charge in [-0.2, -0.15) is 0 Å². The zero-order valence-electron chi connectivity index (χ0n) is 17.7.